The molecule has 0 saturated carbocycles. The van der Waals surface area contributed by atoms with Gasteiger partial charge in [0.15, 0.2) is 0 Å². The molecule has 0 spiro atoms. The first-order valence-electron chi connectivity index (χ1n) is 8.01. The Morgan fingerprint density at radius 3 is 2.09 bits per heavy atom. The fourth-order valence-corrected chi connectivity index (χ4v) is 2.02. The van der Waals surface area contributed by atoms with Crippen molar-refractivity contribution in [3.8, 4) is 5.75 Å². The molecular weight excluding hydrogens is 270 g/mol. The van der Waals surface area contributed by atoms with Gasteiger partial charge in [-0.05, 0) is 50.5 Å². The summed E-state index contributed by atoms with van der Waals surface area (Å²) in [6, 6.07) is 16.8. The molecule has 0 heterocycles. The molecule has 0 unspecified atom stereocenters. The van der Waals surface area contributed by atoms with E-state index < -0.39 is 0 Å². The van der Waals surface area contributed by atoms with Gasteiger partial charge in [0.2, 0.25) is 0 Å². The fraction of sp³-hybridized carbons (Fsp3) is 0.400. The van der Waals surface area contributed by atoms with Gasteiger partial charge in [-0.3, -0.25) is 0 Å². The van der Waals surface area contributed by atoms with Crippen LogP contribution in [0.5, 0.6) is 5.75 Å². The maximum atomic E-state index is 5.83. The molecule has 0 atom stereocenters. The summed E-state index contributed by atoms with van der Waals surface area (Å²) in [5.74, 6) is 0.916. The largest absolute Gasteiger partial charge is 0.489 e. The van der Waals surface area contributed by atoms with E-state index in [0.29, 0.717) is 6.61 Å². The van der Waals surface area contributed by atoms with Gasteiger partial charge in [-0.1, -0.05) is 48.9 Å². The van der Waals surface area contributed by atoms with Crippen LogP contribution in [0.15, 0.2) is 48.5 Å². The molecule has 2 aromatic carbocycles. The minimum atomic E-state index is 0.181. The first-order chi connectivity index (χ1) is 10.5. The number of ether oxygens (including phenoxy) is 1. The highest BCUT2D eigenvalue weighted by molar-refractivity contribution is 5.28. The Morgan fingerprint density at radius 2 is 1.50 bits per heavy atom. The predicted octanol–water partition coefficient (Wildman–Crippen LogP) is 4.85. The van der Waals surface area contributed by atoms with E-state index in [4.69, 9.17) is 4.74 Å². The van der Waals surface area contributed by atoms with Crippen molar-refractivity contribution < 1.29 is 4.74 Å². The molecule has 2 heteroatoms. The first-order valence-corrected chi connectivity index (χ1v) is 8.01. The van der Waals surface area contributed by atoms with Crippen LogP contribution >= 0.6 is 0 Å². The van der Waals surface area contributed by atoms with Crippen molar-refractivity contribution in [2.75, 3.05) is 0 Å². The summed E-state index contributed by atoms with van der Waals surface area (Å²) in [6.07, 6.45) is 1.12. The van der Waals surface area contributed by atoms with Crippen molar-refractivity contribution in [1.29, 1.82) is 0 Å². The van der Waals surface area contributed by atoms with Crippen molar-refractivity contribution in [3.63, 3.8) is 0 Å². The monoisotopic (exact) mass is 297 g/mol. The van der Waals surface area contributed by atoms with Gasteiger partial charge in [-0.2, -0.15) is 0 Å². The molecule has 0 bridgehead atoms. The van der Waals surface area contributed by atoms with E-state index in [0.717, 1.165) is 18.7 Å². The third-order valence-corrected chi connectivity index (χ3v) is 4.10. The Balaban J connectivity index is 1.85. The number of hydrogen-bond acceptors (Lipinski definition) is 2. The van der Waals surface area contributed by atoms with Crippen LogP contribution in [-0.2, 0) is 13.2 Å². The summed E-state index contributed by atoms with van der Waals surface area (Å²) in [6.45, 7) is 10.3. The van der Waals surface area contributed by atoms with E-state index in [-0.39, 0.29) is 5.54 Å². The van der Waals surface area contributed by atoms with Gasteiger partial charge in [-0.25, -0.2) is 0 Å². The van der Waals surface area contributed by atoms with Crippen LogP contribution in [0.2, 0.25) is 0 Å². The van der Waals surface area contributed by atoms with Gasteiger partial charge in [0.1, 0.15) is 12.4 Å². The molecule has 22 heavy (non-hydrogen) atoms. The minimum absolute atomic E-state index is 0.181. The lowest BCUT2D eigenvalue weighted by atomic mass is 10.0. The zero-order valence-corrected chi connectivity index (χ0v) is 14.1. The van der Waals surface area contributed by atoms with Gasteiger partial charge >= 0.3 is 0 Å². The van der Waals surface area contributed by atoms with Crippen molar-refractivity contribution in [1.82, 2.24) is 5.32 Å². The Kier molecular flexibility index (Phi) is 5.62. The SMILES string of the molecule is CCC(C)(C)NCc1ccc(OCc2ccc(C)cc2)cc1. The highest BCUT2D eigenvalue weighted by Gasteiger charge is 2.13. The van der Waals surface area contributed by atoms with Crippen molar-refractivity contribution in [2.45, 2.75) is 52.8 Å². The van der Waals surface area contributed by atoms with Crippen LogP contribution in [0.4, 0.5) is 0 Å². The van der Waals surface area contributed by atoms with Crippen LogP contribution in [0, 0.1) is 6.92 Å². The summed E-state index contributed by atoms with van der Waals surface area (Å²) in [5.41, 5.74) is 3.93. The molecule has 0 aliphatic carbocycles. The molecule has 0 amide bonds. The van der Waals surface area contributed by atoms with E-state index >= 15 is 0 Å². The summed E-state index contributed by atoms with van der Waals surface area (Å²) >= 11 is 0. The van der Waals surface area contributed by atoms with Gasteiger partial charge in [0.25, 0.3) is 0 Å². The molecule has 0 aliphatic rings. The lowest BCUT2D eigenvalue weighted by Gasteiger charge is -2.24. The number of benzene rings is 2. The van der Waals surface area contributed by atoms with Gasteiger partial charge < -0.3 is 10.1 Å². The van der Waals surface area contributed by atoms with E-state index in [1.54, 1.807) is 0 Å². The Hall–Kier alpha value is -1.80. The molecular formula is C20H27NO. The zero-order chi connectivity index (χ0) is 16.0. The lowest BCUT2D eigenvalue weighted by Crippen LogP contribution is -2.37. The topological polar surface area (TPSA) is 21.3 Å². The third-order valence-electron chi connectivity index (χ3n) is 4.10. The summed E-state index contributed by atoms with van der Waals surface area (Å²) in [5, 5.41) is 3.57. The normalized spacial score (nSPS) is 11.5. The summed E-state index contributed by atoms with van der Waals surface area (Å²) < 4.78 is 5.83. The van der Waals surface area contributed by atoms with Gasteiger partial charge in [-0.15, -0.1) is 0 Å². The number of nitrogens with one attached hydrogen (secondary N) is 1. The summed E-state index contributed by atoms with van der Waals surface area (Å²) in [7, 11) is 0. The molecule has 2 aromatic rings. The quantitative estimate of drug-likeness (QED) is 0.788. The van der Waals surface area contributed by atoms with E-state index in [9.17, 15) is 0 Å². The first kappa shape index (κ1) is 16.6. The predicted molar refractivity (Wildman–Crippen MR) is 93.2 cm³/mol. The van der Waals surface area contributed by atoms with Crippen molar-refractivity contribution >= 4 is 0 Å². The highest BCUT2D eigenvalue weighted by Crippen LogP contribution is 2.16. The maximum absolute atomic E-state index is 5.83. The van der Waals surface area contributed by atoms with Crippen molar-refractivity contribution in [3.05, 3.63) is 65.2 Å². The van der Waals surface area contributed by atoms with Crippen molar-refractivity contribution in [2.24, 2.45) is 0 Å². The maximum Gasteiger partial charge on any atom is 0.119 e. The Morgan fingerprint density at radius 1 is 0.909 bits per heavy atom. The molecule has 0 aliphatic heterocycles. The molecule has 1 N–H and O–H groups in total. The molecule has 0 saturated heterocycles. The molecule has 2 rings (SSSR count). The minimum Gasteiger partial charge on any atom is -0.489 e. The van der Waals surface area contributed by atoms with Crippen LogP contribution in [0.3, 0.4) is 0 Å². The second kappa shape index (κ2) is 7.46. The van der Waals surface area contributed by atoms with Crippen LogP contribution in [-0.4, -0.2) is 5.54 Å². The number of rotatable bonds is 7. The Bertz CT molecular complexity index is 570. The fourth-order valence-electron chi connectivity index (χ4n) is 2.02. The second-order valence-electron chi connectivity index (χ2n) is 6.51. The van der Waals surface area contributed by atoms with Crippen LogP contribution < -0.4 is 10.1 Å². The summed E-state index contributed by atoms with van der Waals surface area (Å²) in [4.78, 5) is 0. The molecule has 0 fully saturated rings. The molecule has 0 aromatic heterocycles. The average Bonchev–Trinajstić information content (AvgIpc) is 2.53. The van der Waals surface area contributed by atoms with E-state index in [1.807, 2.05) is 12.1 Å². The zero-order valence-electron chi connectivity index (χ0n) is 14.1. The second-order valence-corrected chi connectivity index (χ2v) is 6.51. The standard InChI is InChI=1S/C20H27NO/c1-5-20(3,4)21-14-17-10-12-19(13-11-17)22-15-18-8-6-16(2)7-9-18/h6-13,21H,5,14-15H2,1-4H3. The highest BCUT2D eigenvalue weighted by atomic mass is 16.5. The Labute approximate surface area is 134 Å². The molecule has 0 radical (unpaired) electrons. The third kappa shape index (κ3) is 5.19. The van der Waals surface area contributed by atoms with Gasteiger partial charge in [0, 0.05) is 12.1 Å². The van der Waals surface area contributed by atoms with E-state index in [1.165, 1.54) is 16.7 Å². The number of aryl methyl sites for hydroxylation is 1. The van der Waals surface area contributed by atoms with E-state index in [2.05, 4.69) is 69.4 Å². The molecule has 2 nitrogen and oxygen atoms in total. The van der Waals surface area contributed by atoms with Crippen LogP contribution in [0.25, 0.3) is 0 Å². The smallest absolute Gasteiger partial charge is 0.119 e. The van der Waals surface area contributed by atoms with Crippen LogP contribution in [0.1, 0.15) is 43.9 Å². The molecule has 118 valence electrons. The average molecular weight is 297 g/mol. The van der Waals surface area contributed by atoms with Gasteiger partial charge in [0.05, 0.1) is 0 Å². The number of hydrogen-bond donors (Lipinski definition) is 1. The lowest BCUT2D eigenvalue weighted by molar-refractivity contribution is 0.306.